The molecule has 0 saturated carbocycles. The summed E-state index contributed by atoms with van der Waals surface area (Å²) >= 11 is 0. The van der Waals surface area contributed by atoms with Crippen molar-refractivity contribution in [1.82, 2.24) is 0 Å². The summed E-state index contributed by atoms with van der Waals surface area (Å²) in [5.74, 6) is 1.90. The van der Waals surface area contributed by atoms with E-state index in [-0.39, 0.29) is 19.2 Å². The van der Waals surface area contributed by atoms with E-state index in [0.29, 0.717) is 22.8 Å². The lowest BCUT2D eigenvalue weighted by Crippen LogP contribution is -2.13. The Morgan fingerprint density at radius 1 is 1.10 bits per heavy atom. The average molecular weight is 284 g/mol. The molecule has 4 heteroatoms. The van der Waals surface area contributed by atoms with Crippen LogP contribution < -0.4 is 14.2 Å². The zero-order chi connectivity index (χ0) is 14.8. The van der Waals surface area contributed by atoms with Gasteiger partial charge < -0.3 is 14.2 Å². The number of hydrogen-bond donors (Lipinski definition) is 0. The summed E-state index contributed by atoms with van der Waals surface area (Å²) in [5.41, 5.74) is 2.72. The summed E-state index contributed by atoms with van der Waals surface area (Å²) < 4.78 is 16.1. The number of rotatable bonds is 4. The van der Waals surface area contributed by atoms with Crippen LogP contribution in [0.25, 0.3) is 0 Å². The summed E-state index contributed by atoms with van der Waals surface area (Å²) in [6, 6.07) is 11.1. The van der Waals surface area contributed by atoms with Crippen molar-refractivity contribution >= 4 is 5.78 Å². The first-order valence-corrected chi connectivity index (χ1v) is 6.76. The molecule has 0 amide bonds. The molecule has 0 bridgehead atoms. The fourth-order valence-electron chi connectivity index (χ4n) is 2.23. The maximum absolute atomic E-state index is 12.2. The Labute approximate surface area is 123 Å². The fourth-order valence-corrected chi connectivity index (χ4v) is 2.23. The van der Waals surface area contributed by atoms with Gasteiger partial charge in [-0.25, -0.2) is 0 Å². The van der Waals surface area contributed by atoms with E-state index in [9.17, 15) is 4.79 Å². The van der Waals surface area contributed by atoms with Gasteiger partial charge in [-0.05, 0) is 37.6 Å². The Kier molecular flexibility index (Phi) is 3.52. The minimum Gasteiger partial charge on any atom is -0.485 e. The van der Waals surface area contributed by atoms with Crippen molar-refractivity contribution in [1.29, 1.82) is 0 Å². The molecule has 0 unspecified atom stereocenters. The summed E-state index contributed by atoms with van der Waals surface area (Å²) in [4.78, 5) is 12.2. The maximum atomic E-state index is 12.2. The van der Waals surface area contributed by atoms with Crippen LogP contribution >= 0.6 is 0 Å². The van der Waals surface area contributed by atoms with E-state index in [1.165, 1.54) is 0 Å². The van der Waals surface area contributed by atoms with Crippen LogP contribution in [0.3, 0.4) is 0 Å². The third-order valence-corrected chi connectivity index (χ3v) is 3.41. The van der Waals surface area contributed by atoms with Crippen LogP contribution in [0.5, 0.6) is 17.2 Å². The van der Waals surface area contributed by atoms with Crippen LogP contribution in [-0.2, 0) is 0 Å². The molecule has 0 aromatic heterocycles. The van der Waals surface area contributed by atoms with Gasteiger partial charge in [0.05, 0.1) is 0 Å². The molecule has 0 N–H and O–H groups in total. The van der Waals surface area contributed by atoms with Crippen molar-refractivity contribution in [3.8, 4) is 17.2 Å². The predicted octanol–water partition coefficient (Wildman–Crippen LogP) is 3.29. The maximum Gasteiger partial charge on any atom is 0.231 e. The monoisotopic (exact) mass is 284 g/mol. The van der Waals surface area contributed by atoms with Crippen molar-refractivity contribution in [2.24, 2.45) is 0 Å². The second kappa shape index (κ2) is 5.48. The number of Topliss-reactive ketones (excluding diaryl/α,β-unsaturated/α-hetero) is 1. The van der Waals surface area contributed by atoms with Gasteiger partial charge in [-0.3, -0.25) is 4.79 Å². The lowest BCUT2D eigenvalue weighted by atomic mass is 10.0. The van der Waals surface area contributed by atoms with E-state index < -0.39 is 0 Å². The van der Waals surface area contributed by atoms with Gasteiger partial charge in [0.2, 0.25) is 6.79 Å². The first-order valence-electron chi connectivity index (χ1n) is 6.76. The highest BCUT2D eigenvalue weighted by atomic mass is 16.7. The van der Waals surface area contributed by atoms with Crippen molar-refractivity contribution in [3.63, 3.8) is 0 Å². The summed E-state index contributed by atoms with van der Waals surface area (Å²) in [5, 5.41) is 0. The minimum atomic E-state index is -0.0335. The number of ketones is 1. The molecule has 2 aromatic carbocycles. The van der Waals surface area contributed by atoms with Gasteiger partial charge in [0, 0.05) is 11.6 Å². The Balaban J connectivity index is 1.70. The zero-order valence-electron chi connectivity index (χ0n) is 12.0. The van der Waals surface area contributed by atoms with Crippen molar-refractivity contribution < 1.29 is 19.0 Å². The molecule has 0 radical (unpaired) electrons. The van der Waals surface area contributed by atoms with Crippen molar-refractivity contribution in [2.75, 3.05) is 13.4 Å². The van der Waals surface area contributed by atoms with Gasteiger partial charge in [-0.15, -0.1) is 0 Å². The summed E-state index contributed by atoms with van der Waals surface area (Å²) in [6.45, 7) is 4.12. The van der Waals surface area contributed by atoms with E-state index in [1.807, 2.05) is 32.0 Å². The standard InChI is InChI=1S/C17H16O4/c1-11-3-4-12(2)14(7-11)15(18)9-19-13-5-6-16-17(8-13)21-10-20-16/h3-8H,9-10H2,1-2H3. The molecular formula is C17H16O4. The Morgan fingerprint density at radius 2 is 1.90 bits per heavy atom. The van der Waals surface area contributed by atoms with Crippen LogP contribution in [0.1, 0.15) is 21.5 Å². The molecule has 3 rings (SSSR count). The number of fused-ring (bicyclic) bond motifs is 1. The molecule has 108 valence electrons. The molecule has 0 fully saturated rings. The smallest absolute Gasteiger partial charge is 0.231 e. The molecule has 1 aliphatic rings. The third kappa shape index (κ3) is 2.84. The van der Waals surface area contributed by atoms with E-state index in [4.69, 9.17) is 14.2 Å². The quantitative estimate of drug-likeness (QED) is 0.808. The molecule has 0 atom stereocenters. The number of benzene rings is 2. The molecule has 0 saturated heterocycles. The molecule has 0 aliphatic carbocycles. The normalized spacial score (nSPS) is 12.3. The number of aryl methyl sites for hydroxylation is 2. The average Bonchev–Trinajstić information content (AvgIpc) is 2.94. The summed E-state index contributed by atoms with van der Waals surface area (Å²) in [7, 11) is 0. The lowest BCUT2D eigenvalue weighted by Gasteiger charge is -2.09. The van der Waals surface area contributed by atoms with Crippen LogP contribution in [-0.4, -0.2) is 19.2 Å². The third-order valence-electron chi connectivity index (χ3n) is 3.41. The van der Waals surface area contributed by atoms with Crippen LogP contribution in [0, 0.1) is 13.8 Å². The molecule has 2 aromatic rings. The van der Waals surface area contributed by atoms with Crippen molar-refractivity contribution in [2.45, 2.75) is 13.8 Å². The molecule has 21 heavy (non-hydrogen) atoms. The highest BCUT2D eigenvalue weighted by Crippen LogP contribution is 2.35. The van der Waals surface area contributed by atoms with Crippen LogP contribution in [0.2, 0.25) is 0 Å². The Bertz CT molecular complexity index is 691. The molecular weight excluding hydrogens is 268 g/mol. The number of hydrogen-bond acceptors (Lipinski definition) is 4. The summed E-state index contributed by atoms with van der Waals surface area (Å²) in [6.07, 6.45) is 0. The molecule has 0 spiro atoms. The van der Waals surface area contributed by atoms with E-state index in [2.05, 4.69) is 0 Å². The first kappa shape index (κ1) is 13.5. The predicted molar refractivity (Wildman–Crippen MR) is 78.3 cm³/mol. The molecule has 1 heterocycles. The van der Waals surface area contributed by atoms with Crippen molar-refractivity contribution in [3.05, 3.63) is 53.1 Å². The second-order valence-corrected chi connectivity index (χ2v) is 5.05. The van der Waals surface area contributed by atoms with Gasteiger partial charge in [0.15, 0.2) is 23.9 Å². The number of carbonyl (C=O) groups is 1. The highest BCUT2D eigenvalue weighted by molar-refractivity contribution is 5.98. The number of ether oxygens (including phenoxy) is 3. The number of carbonyl (C=O) groups excluding carboxylic acids is 1. The highest BCUT2D eigenvalue weighted by Gasteiger charge is 2.15. The minimum absolute atomic E-state index is 0.00391. The first-order chi connectivity index (χ1) is 10.1. The van der Waals surface area contributed by atoms with E-state index >= 15 is 0 Å². The SMILES string of the molecule is Cc1ccc(C)c(C(=O)COc2ccc3c(c2)OCO3)c1. The Hall–Kier alpha value is -2.49. The van der Waals surface area contributed by atoms with Gasteiger partial charge in [-0.1, -0.05) is 17.7 Å². The zero-order valence-corrected chi connectivity index (χ0v) is 12.0. The van der Waals surface area contributed by atoms with Gasteiger partial charge in [0.1, 0.15) is 5.75 Å². The molecule has 1 aliphatic heterocycles. The van der Waals surface area contributed by atoms with Gasteiger partial charge in [0.25, 0.3) is 0 Å². The molecule has 4 nitrogen and oxygen atoms in total. The second-order valence-electron chi connectivity index (χ2n) is 5.05. The Morgan fingerprint density at radius 3 is 2.76 bits per heavy atom. The van der Waals surface area contributed by atoms with Gasteiger partial charge in [-0.2, -0.15) is 0 Å². The van der Waals surface area contributed by atoms with Crippen LogP contribution in [0.15, 0.2) is 36.4 Å². The van der Waals surface area contributed by atoms with Gasteiger partial charge >= 0.3 is 0 Å². The largest absolute Gasteiger partial charge is 0.485 e. The van der Waals surface area contributed by atoms with Crippen LogP contribution in [0.4, 0.5) is 0 Å². The lowest BCUT2D eigenvalue weighted by molar-refractivity contribution is 0.0920. The van der Waals surface area contributed by atoms with E-state index in [0.717, 1.165) is 11.1 Å². The van der Waals surface area contributed by atoms with E-state index in [1.54, 1.807) is 18.2 Å². The fraction of sp³-hybridized carbons (Fsp3) is 0.235. The topological polar surface area (TPSA) is 44.8 Å².